The van der Waals surface area contributed by atoms with Crippen molar-refractivity contribution >= 4 is 23.3 Å². The summed E-state index contributed by atoms with van der Waals surface area (Å²) in [6.07, 6.45) is 0.977. The number of halogens is 1. The van der Waals surface area contributed by atoms with Crippen LogP contribution in [0.3, 0.4) is 0 Å². The first-order valence-electron chi connectivity index (χ1n) is 4.03. The van der Waals surface area contributed by atoms with Crippen LogP contribution < -0.4 is 0 Å². The molecule has 0 aliphatic carbocycles. The van der Waals surface area contributed by atoms with Crippen molar-refractivity contribution in [1.29, 1.82) is 0 Å². The third-order valence-corrected chi connectivity index (χ3v) is 1.83. The molecule has 0 aromatic carbocycles. The van der Waals surface area contributed by atoms with E-state index in [0.29, 0.717) is 0 Å². The monoisotopic (exact) mass is 230 g/mol. The van der Waals surface area contributed by atoms with E-state index in [1.54, 1.807) is 6.92 Å². The van der Waals surface area contributed by atoms with Crippen LogP contribution >= 0.6 is 11.6 Å². The maximum absolute atomic E-state index is 11.3. The number of carbonyl (C=O) groups is 1. The lowest BCUT2D eigenvalue weighted by Crippen LogP contribution is -2.07. The number of esters is 1. The number of pyridine rings is 1. The Morgan fingerprint density at radius 3 is 2.93 bits per heavy atom. The first-order valence-corrected chi connectivity index (χ1v) is 4.41. The standard InChI is InChI=1S/C8H7ClN2O4/c1-2-15-8(12)6-3-5(11(13)14)4-10-7(6)9/h3-4H,2H2,1H3. The summed E-state index contributed by atoms with van der Waals surface area (Å²) in [6, 6.07) is 1.04. The highest BCUT2D eigenvalue weighted by Gasteiger charge is 2.17. The lowest BCUT2D eigenvalue weighted by atomic mass is 10.2. The van der Waals surface area contributed by atoms with Crippen molar-refractivity contribution in [2.24, 2.45) is 0 Å². The predicted octanol–water partition coefficient (Wildman–Crippen LogP) is 1.82. The molecule has 1 heterocycles. The van der Waals surface area contributed by atoms with Gasteiger partial charge in [0, 0.05) is 6.07 Å². The van der Waals surface area contributed by atoms with Crippen LogP contribution in [-0.4, -0.2) is 22.5 Å². The Morgan fingerprint density at radius 1 is 1.73 bits per heavy atom. The van der Waals surface area contributed by atoms with Crippen molar-refractivity contribution in [2.45, 2.75) is 6.92 Å². The highest BCUT2D eigenvalue weighted by molar-refractivity contribution is 6.32. The maximum Gasteiger partial charge on any atom is 0.341 e. The molecule has 0 N–H and O–H groups in total. The van der Waals surface area contributed by atoms with Gasteiger partial charge in [-0.25, -0.2) is 9.78 Å². The second kappa shape index (κ2) is 4.70. The van der Waals surface area contributed by atoms with Crippen molar-refractivity contribution in [3.63, 3.8) is 0 Å². The molecule has 0 unspecified atom stereocenters. The molecule has 0 radical (unpaired) electrons. The molecule has 0 saturated heterocycles. The Kier molecular flexibility index (Phi) is 3.56. The van der Waals surface area contributed by atoms with E-state index in [1.807, 2.05) is 0 Å². The number of hydrogen-bond acceptors (Lipinski definition) is 5. The van der Waals surface area contributed by atoms with Gasteiger partial charge >= 0.3 is 5.97 Å². The van der Waals surface area contributed by atoms with Gasteiger partial charge in [-0.2, -0.15) is 0 Å². The molecule has 1 rings (SSSR count). The minimum atomic E-state index is -0.723. The minimum Gasteiger partial charge on any atom is -0.462 e. The quantitative estimate of drug-likeness (QED) is 0.342. The molecule has 6 nitrogen and oxygen atoms in total. The lowest BCUT2D eigenvalue weighted by Gasteiger charge is -2.02. The van der Waals surface area contributed by atoms with Gasteiger partial charge < -0.3 is 4.74 Å². The van der Waals surface area contributed by atoms with E-state index in [-0.39, 0.29) is 23.0 Å². The first kappa shape index (κ1) is 11.4. The summed E-state index contributed by atoms with van der Waals surface area (Å²) in [4.78, 5) is 24.6. The fourth-order valence-corrected chi connectivity index (χ4v) is 1.07. The van der Waals surface area contributed by atoms with Gasteiger partial charge in [0.15, 0.2) is 0 Å². The predicted molar refractivity (Wildman–Crippen MR) is 51.9 cm³/mol. The molecule has 80 valence electrons. The van der Waals surface area contributed by atoms with Crippen LogP contribution in [-0.2, 0) is 4.74 Å². The van der Waals surface area contributed by atoms with E-state index >= 15 is 0 Å². The molecule has 0 saturated carbocycles. The highest BCUT2D eigenvalue weighted by Crippen LogP contribution is 2.19. The number of carbonyl (C=O) groups excluding carboxylic acids is 1. The third-order valence-electron chi connectivity index (χ3n) is 1.53. The molecule has 0 aliphatic rings. The molecule has 0 bridgehead atoms. The van der Waals surface area contributed by atoms with E-state index in [0.717, 1.165) is 12.3 Å². The van der Waals surface area contributed by atoms with Crippen LogP contribution in [0.15, 0.2) is 12.3 Å². The summed E-state index contributed by atoms with van der Waals surface area (Å²) < 4.78 is 4.66. The van der Waals surface area contributed by atoms with Gasteiger partial charge in [0.1, 0.15) is 16.9 Å². The zero-order chi connectivity index (χ0) is 11.4. The zero-order valence-electron chi connectivity index (χ0n) is 7.77. The molecule has 1 aromatic heterocycles. The van der Waals surface area contributed by atoms with Crippen molar-refractivity contribution in [2.75, 3.05) is 6.61 Å². The van der Waals surface area contributed by atoms with E-state index in [1.165, 1.54) is 0 Å². The van der Waals surface area contributed by atoms with E-state index in [9.17, 15) is 14.9 Å². The second-order valence-corrected chi connectivity index (χ2v) is 2.87. The van der Waals surface area contributed by atoms with Crippen LogP contribution in [0, 0.1) is 10.1 Å². The van der Waals surface area contributed by atoms with Crippen molar-refractivity contribution < 1.29 is 14.5 Å². The smallest absolute Gasteiger partial charge is 0.341 e. The summed E-state index contributed by atoms with van der Waals surface area (Å²) in [5.41, 5.74) is -0.407. The Bertz CT molecular complexity index is 408. The largest absolute Gasteiger partial charge is 0.462 e. The van der Waals surface area contributed by atoms with E-state index in [4.69, 9.17) is 11.6 Å². The van der Waals surface area contributed by atoms with Crippen LogP contribution in [0.25, 0.3) is 0 Å². The lowest BCUT2D eigenvalue weighted by molar-refractivity contribution is -0.385. The number of rotatable bonds is 3. The highest BCUT2D eigenvalue weighted by atomic mass is 35.5. The number of nitro groups is 1. The molecule has 0 spiro atoms. The summed E-state index contributed by atoms with van der Waals surface area (Å²) in [6.45, 7) is 1.79. The van der Waals surface area contributed by atoms with Gasteiger partial charge in [-0.05, 0) is 6.92 Å². The molecular weight excluding hydrogens is 224 g/mol. The average molecular weight is 231 g/mol. The maximum atomic E-state index is 11.3. The number of hydrogen-bond donors (Lipinski definition) is 0. The minimum absolute atomic E-state index is 0.104. The SMILES string of the molecule is CCOC(=O)c1cc([N+](=O)[O-])cnc1Cl. The Labute approximate surface area is 90.0 Å². The molecule has 0 aliphatic heterocycles. The van der Waals surface area contributed by atoms with Gasteiger partial charge in [-0.1, -0.05) is 11.6 Å². The fraction of sp³-hybridized carbons (Fsp3) is 0.250. The van der Waals surface area contributed by atoms with Crippen molar-refractivity contribution in [3.8, 4) is 0 Å². The summed E-state index contributed by atoms with van der Waals surface area (Å²) in [5, 5.41) is 10.3. The Hall–Kier alpha value is -1.69. The Morgan fingerprint density at radius 2 is 2.40 bits per heavy atom. The number of nitrogens with zero attached hydrogens (tertiary/aromatic N) is 2. The number of ether oxygens (including phenoxy) is 1. The zero-order valence-corrected chi connectivity index (χ0v) is 8.52. The molecule has 0 fully saturated rings. The topological polar surface area (TPSA) is 82.3 Å². The van der Waals surface area contributed by atoms with Gasteiger partial charge in [0.2, 0.25) is 0 Å². The fourth-order valence-electron chi connectivity index (χ4n) is 0.889. The first-order chi connectivity index (χ1) is 7.06. The third kappa shape index (κ3) is 2.63. The van der Waals surface area contributed by atoms with Crippen molar-refractivity contribution in [3.05, 3.63) is 33.1 Å². The van der Waals surface area contributed by atoms with Crippen LogP contribution in [0.4, 0.5) is 5.69 Å². The summed E-state index contributed by atoms with van der Waals surface area (Å²) >= 11 is 5.60. The van der Waals surface area contributed by atoms with Crippen LogP contribution in [0.1, 0.15) is 17.3 Å². The number of aromatic nitrogens is 1. The van der Waals surface area contributed by atoms with Crippen LogP contribution in [0.2, 0.25) is 5.15 Å². The van der Waals surface area contributed by atoms with Gasteiger partial charge in [-0.15, -0.1) is 0 Å². The average Bonchev–Trinajstić information content (AvgIpc) is 2.18. The molecule has 0 atom stereocenters. The van der Waals surface area contributed by atoms with Gasteiger partial charge in [0.25, 0.3) is 5.69 Å². The normalized spacial score (nSPS) is 9.73. The molecule has 15 heavy (non-hydrogen) atoms. The van der Waals surface area contributed by atoms with Gasteiger partial charge in [0.05, 0.1) is 11.5 Å². The molecule has 0 amide bonds. The Balaban J connectivity index is 3.10. The van der Waals surface area contributed by atoms with E-state index < -0.39 is 10.9 Å². The van der Waals surface area contributed by atoms with Crippen molar-refractivity contribution in [1.82, 2.24) is 4.98 Å². The van der Waals surface area contributed by atoms with Crippen LogP contribution in [0.5, 0.6) is 0 Å². The summed E-state index contributed by atoms with van der Waals surface area (Å²) in [7, 11) is 0. The summed E-state index contributed by atoms with van der Waals surface area (Å²) in [5.74, 6) is -0.723. The molecular formula is C8H7ClN2O4. The van der Waals surface area contributed by atoms with E-state index in [2.05, 4.69) is 9.72 Å². The molecule has 1 aromatic rings. The van der Waals surface area contributed by atoms with Gasteiger partial charge in [-0.3, -0.25) is 10.1 Å². The molecule has 7 heteroatoms. The second-order valence-electron chi connectivity index (χ2n) is 2.51.